The second-order valence-electron chi connectivity index (χ2n) is 6.19. The Bertz CT molecular complexity index is 955. The number of aryl methyl sites for hydroxylation is 1. The Labute approximate surface area is 163 Å². The minimum atomic E-state index is -0.344. The number of para-hydroxylation sites is 2. The topological polar surface area (TPSA) is 80.7 Å². The van der Waals surface area contributed by atoms with Gasteiger partial charge in [-0.15, -0.1) is 0 Å². The van der Waals surface area contributed by atoms with Crippen molar-refractivity contribution < 1.29 is 19.4 Å². The van der Waals surface area contributed by atoms with E-state index in [1.807, 2.05) is 44.2 Å². The average molecular weight is 378 g/mol. The van der Waals surface area contributed by atoms with Crippen LogP contribution in [0.15, 0.2) is 60.8 Å². The zero-order valence-electron chi connectivity index (χ0n) is 15.8. The number of pyridine rings is 1. The fraction of sp³-hybridized carbons (Fsp3) is 0.182. The molecule has 3 rings (SSSR count). The third kappa shape index (κ3) is 4.79. The number of amides is 1. The summed E-state index contributed by atoms with van der Waals surface area (Å²) < 4.78 is 11.3. The molecule has 0 bridgehead atoms. The third-order valence-corrected chi connectivity index (χ3v) is 4.01. The van der Waals surface area contributed by atoms with E-state index in [-0.39, 0.29) is 23.8 Å². The molecule has 1 amide bonds. The van der Waals surface area contributed by atoms with Crippen LogP contribution in [0.5, 0.6) is 23.1 Å². The SMILES string of the molecule is CCOc1ccccc1Oc1ccc(CNC(=O)c2ccc(C)cc2O)cn1. The maximum Gasteiger partial charge on any atom is 0.255 e. The number of rotatable bonds is 7. The standard InChI is InChI=1S/C22H22N2O4/c1-3-27-19-6-4-5-7-20(19)28-21-11-9-16(13-23-21)14-24-22(26)17-10-8-15(2)12-18(17)25/h4-13,25H,3,14H2,1-2H3,(H,24,26). The lowest BCUT2D eigenvalue weighted by molar-refractivity contribution is 0.0948. The van der Waals surface area contributed by atoms with Gasteiger partial charge >= 0.3 is 0 Å². The second-order valence-corrected chi connectivity index (χ2v) is 6.19. The molecule has 0 saturated heterocycles. The van der Waals surface area contributed by atoms with Crippen LogP contribution in [-0.4, -0.2) is 22.6 Å². The molecule has 6 nitrogen and oxygen atoms in total. The number of carbonyl (C=O) groups is 1. The highest BCUT2D eigenvalue weighted by molar-refractivity contribution is 5.96. The van der Waals surface area contributed by atoms with Crippen LogP contribution in [0.25, 0.3) is 0 Å². The number of aromatic hydroxyl groups is 1. The van der Waals surface area contributed by atoms with E-state index in [1.54, 1.807) is 30.5 Å². The summed E-state index contributed by atoms with van der Waals surface area (Å²) in [6.07, 6.45) is 1.63. The molecule has 2 aromatic carbocycles. The second kappa shape index (κ2) is 8.90. The maximum atomic E-state index is 12.2. The molecule has 0 atom stereocenters. The van der Waals surface area contributed by atoms with Gasteiger partial charge in [0.05, 0.1) is 12.2 Å². The number of nitrogens with zero attached hydrogens (tertiary/aromatic N) is 1. The van der Waals surface area contributed by atoms with Crippen LogP contribution in [-0.2, 0) is 6.54 Å². The molecule has 0 fully saturated rings. The quantitative estimate of drug-likeness (QED) is 0.643. The first kappa shape index (κ1) is 19.2. The summed E-state index contributed by atoms with van der Waals surface area (Å²) >= 11 is 0. The molecule has 144 valence electrons. The normalized spacial score (nSPS) is 10.4. The molecule has 2 N–H and O–H groups in total. The van der Waals surface area contributed by atoms with Crippen LogP contribution in [0.2, 0.25) is 0 Å². The summed E-state index contributed by atoms with van der Waals surface area (Å²) in [7, 11) is 0. The predicted octanol–water partition coefficient (Wildman–Crippen LogP) is 4.22. The Balaban J connectivity index is 1.61. The number of aromatic nitrogens is 1. The Morgan fingerprint density at radius 3 is 2.57 bits per heavy atom. The molecule has 28 heavy (non-hydrogen) atoms. The summed E-state index contributed by atoms with van der Waals surface area (Å²) in [5, 5.41) is 12.7. The van der Waals surface area contributed by atoms with Gasteiger partial charge < -0.3 is 19.9 Å². The van der Waals surface area contributed by atoms with Gasteiger partial charge in [0.1, 0.15) is 5.75 Å². The first-order valence-corrected chi connectivity index (χ1v) is 8.99. The van der Waals surface area contributed by atoms with Gasteiger partial charge in [0.25, 0.3) is 5.91 Å². The smallest absolute Gasteiger partial charge is 0.255 e. The summed E-state index contributed by atoms with van der Waals surface area (Å²) in [5.41, 5.74) is 1.94. The van der Waals surface area contributed by atoms with Gasteiger partial charge in [-0.05, 0) is 49.2 Å². The van der Waals surface area contributed by atoms with Crippen LogP contribution in [0, 0.1) is 6.92 Å². The Morgan fingerprint density at radius 1 is 1.11 bits per heavy atom. The van der Waals surface area contributed by atoms with Crippen LogP contribution < -0.4 is 14.8 Å². The van der Waals surface area contributed by atoms with Gasteiger partial charge in [-0.3, -0.25) is 4.79 Å². The zero-order valence-corrected chi connectivity index (χ0v) is 15.8. The van der Waals surface area contributed by atoms with Crippen LogP contribution in [0.3, 0.4) is 0 Å². The number of carbonyl (C=O) groups excluding carboxylic acids is 1. The minimum absolute atomic E-state index is 0.0349. The van der Waals surface area contributed by atoms with Crippen molar-refractivity contribution in [3.8, 4) is 23.1 Å². The number of hydrogen-bond donors (Lipinski definition) is 2. The summed E-state index contributed by atoms with van der Waals surface area (Å²) in [4.78, 5) is 16.5. The fourth-order valence-electron chi connectivity index (χ4n) is 2.61. The van der Waals surface area contributed by atoms with Crippen molar-refractivity contribution in [3.05, 3.63) is 77.5 Å². The Kier molecular flexibility index (Phi) is 6.11. The van der Waals surface area contributed by atoms with E-state index in [0.717, 1.165) is 11.1 Å². The largest absolute Gasteiger partial charge is 0.507 e. The summed E-state index contributed by atoms with van der Waals surface area (Å²) in [6.45, 7) is 4.59. The van der Waals surface area contributed by atoms with E-state index in [1.165, 1.54) is 0 Å². The molecule has 0 aliphatic heterocycles. The lowest BCUT2D eigenvalue weighted by Gasteiger charge is -2.11. The molecule has 6 heteroatoms. The molecule has 0 radical (unpaired) electrons. The van der Waals surface area contributed by atoms with E-state index < -0.39 is 0 Å². The highest BCUT2D eigenvalue weighted by atomic mass is 16.5. The fourth-order valence-corrected chi connectivity index (χ4v) is 2.61. The molecule has 0 unspecified atom stereocenters. The number of benzene rings is 2. The molecule has 0 aliphatic rings. The summed E-state index contributed by atoms with van der Waals surface area (Å²) in [6, 6.07) is 15.9. The molecule has 1 aromatic heterocycles. The average Bonchev–Trinajstić information content (AvgIpc) is 2.69. The van der Waals surface area contributed by atoms with Gasteiger partial charge in [-0.2, -0.15) is 0 Å². The molecule has 0 spiro atoms. The third-order valence-electron chi connectivity index (χ3n) is 4.01. The van der Waals surface area contributed by atoms with Crippen molar-refractivity contribution in [1.29, 1.82) is 0 Å². The Morgan fingerprint density at radius 2 is 1.89 bits per heavy atom. The molecule has 0 saturated carbocycles. The molecule has 0 aliphatic carbocycles. The van der Waals surface area contributed by atoms with Gasteiger partial charge in [0, 0.05) is 18.8 Å². The highest BCUT2D eigenvalue weighted by Crippen LogP contribution is 2.30. The van der Waals surface area contributed by atoms with Crippen molar-refractivity contribution >= 4 is 5.91 Å². The number of hydrogen-bond acceptors (Lipinski definition) is 5. The van der Waals surface area contributed by atoms with Gasteiger partial charge in [0.15, 0.2) is 11.5 Å². The zero-order chi connectivity index (χ0) is 19.9. The summed E-state index contributed by atoms with van der Waals surface area (Å²) in [5.74, 6) is 1.29. The number of ether oxygens (including phenoxy) is 2. The lowest BCUT2D eigenvalue weighted by Crippen LogP contribution is -2.22. The van der Waals surface area contributed by atoms with E-state index in [4.69, 9.17) is 9.47 Å². The maximum absolute atomic E-state index is 12.2. The van der Waals surface area contributed by atoms with E-state index >= 15 is 0 Å². The van der Waals surface area contributed by atoms with E-state index in [2.05, 4.69) is 10.3 Å². The van der Waals surface area contributed by atoms with Gasteiger partial charge in [-0.25, -0.2) is 4.98 Å². The van der Waals surface area contributed by atoms with Crippen molar-refractivity contribution in [2.45, 2.75) is 20.4 Å². The van der Waals surface area contributed by atoms with Crippen molar-refractivity contribution in [1.82, 2.24) is 10.3 Å². The minimum Gasteiger partial charge on any atom is -0.507 e. The van der Waals surface area contributed by atoms with E-state index in [0.29, 0.717) is 24.0 Å². The van der Waals surface area contributed by atoms with Gasteiger partial charge in [-0.1, -0.05) is 24.3 Å². The van der Waals surface area contributed by atoms with Crippen LogP contribution >= 0.6 is 0 Å². The Hall–Kier alpha value is -3.54. The first-order valence-electron chi connectivity index (χ1n) is 8.99. The highest BCUT2D eigenvalue weighted by Gasteiger charge is 2.11. The first-order chi connectivity index (χ1) is 13.6. The lowest BCUT2D eigenvalue weighted by atomic mass is 10.1. The van der Waals surface area contributed by atoms with Crippen molar-refractivity contribution in [2.75, 3.05) is 6.61 Å². The monoisotopic (exact) mass is 378 g/mol. The van der Waals surface area contributed by atoms with Gasteiger partial charge in [0.2, 0.25) is 5.88 Å². The molecule has 1 heterocycles. The van der Waals surface area contributed by atoms with Crippen LogP contribution in [0.4, 0.5) is 0 Å². The molecular weight excluding hydrogens is 356 g/mol. The van der Waals surface area contributed by atoms with Crippen LogP contribution in [0.1, 0.15) is 28.4 Å². The number of phenols is 1. The van der Waals surface area contributed by atoms with Crippen molar-refractivity contribution in [2.24, 2.45) is 0 Å². The number of nitrogens with one attached hydrogen (secondary N) is 1. The molecular formula is C22H22N2O4. The van der Waals surface area contributed by atoms with Crippen molar-refractivity contribution in [3.63, 3.8) is 0 Å². The number of phenolic OH excluding ortho intramolecular Hbond substituents is 1. The van der Waals surface area contributed by atoms with E-state index in [9.17, 15) is 9.90 Å². The predicted molar refractivity (Wildman–Crippen MR) is 106 cm³/mol. The molecule has 3 aromatic rings.